The van der Waals surface area contributed by atoms with Crippen LogP contribution in [0, 0.1) is 5.92 Å². The molecule has 92 valence electrons. The molecule has 0 saturated heterocycles. The predicted molar refractivity (Wildman–Crippen MR) is 59.9 cm³/mol. The third kappa shape index (κ3) is 2.79. The summed E-state index contributed by atoms with van der Waals surface area (Å²) in [7, 11) is 0. The summed E-state index contributed by atoms with van der Waals surface area (Å²) in [6.07, 6.45) is 1.74. The fourth-order valence-corrected chi connectivity index (χ4v) is 2.18. The van der Waals surface area contributed by atoms with E-state index in [0.29, 0.717) is 19.3 Å². The topological polar surface area (TPSA) is 79.5 Å². The van der Waals surface area contributed by atoms with Crippen LogP contribution >= 0.6 is 11.6 Å². The Kier molecular flexibility index (Phi) is 3.38. The molecule has 0 unspecified atom stereocenters. The summed E-state index contributed by atoms with van der Waals surface area (Å²) in [4.78, 5) is 22.4. The highest BCUT2D eigenvalue weighted by Gasteiger charge is 2.31. The zero-order valence-corrected chi connectivity index (χ0v) is 9.74. The highest BCUT2D eigenvalue weighted by molar-refractivity contribution is 6.29. The molecule has 1 amide bonds. The van der Waals surface area contributed by atoms with Gasteiger partial charge in [0.2, 0.25) is 0 Å². The molecule has 1 aromatic heterocycles. The van der Waals surface area contributed by atoms with Gasteiger partial charge in [-0.3, -0.25) is 9.59 Å². The first kappa shape index (κ1) is 12.0. The number of carbonyl (C=O) groups excluding carboxylic acids is 1. The van der Waals surface area contributed by atoms with E-state index < -0.39 is 5.97 Å². The van der Waals surface area contributed by atoms with Gasteiger partial charge in [-0.25, -0.2) is 0 Å². The molecule has 2 atom stereocenters. The van der Waals surface area contributed by atoms with Gasteiger partial charge in [-0.05, 0) is 43.0 Å². The fraction of sp³-hybridized carbons (Fsp3) is 0.455. The van der Waals surface area contributed by atoms with Gasteiger partial charge in [0.05, 0.1) is 5.92 Å². The number of aliphatic carboxylic acids is 1. The van der Waals surface area contributed by atoms with E-state index in [2.05, 4.69) is 5.32 Å². The van der Waals surface area contributed by atoms with Crippen molar-refractivity contribution in [1.29, 1.82) is 0 Å². The number of rotatable bonds is 3. The molecule has 17 heavy (non-hydrogen) atoms. The fourth-order valence-electron chi connectivity index (χ4n) is 2.03. The molecular formula is C11H12ClNO4. The molecule has 1 saturated carbocycles. The van der Waals surface area contributed by atoms with Crippen molar-refractivity contribution in [1.82, 2.24) is 5.32 Å². The molecule has 2 N–H and O–H groups in total. The molecular weight excluding hydrogens is 246 g/mol. The molecule has 1 heterocycles. The van der Waals surface area contributed by atoms with E-state index in [1.54, 1.807) is 0 Å². The van der Waals surface area contributed by atoms with Crippen LogP contribution in [0.15, 0.2) is 16.5 Å². The smallest absolute Gasteiger partial charge is 0.306 e. The summed E-state index contributed by atoms with van der Waals surface area (Å²) in [6.45, 7) is 0. The number of carbonyl (C=O) groups is 2. The number of carboxylic acids is 1. The van der Waals surface area contributed by atoms with Crippen molar-refractivity contribution in [2.24, 2.45) is 5.92 Å². The lowest BCUT2D eigenvalue weighted by Gasteiger charge is -2.10. The van der Waals surface area contributed by atoms with E-state index in [4.69, 9.17) is 21.1 Å². The average molecular weight is 258 g/mol. The maximum absolute atomic E-state index is 11.7. The monoisotopic (exact) mass is 257 g/mol. The van der Waals surface area contributed by atoms with Gasteiger partial charge in [-0.1, -0.05) is 0 Å². The van der Waals surface area contributed by atoms with Crippen LogP contribution in [-0.2, 0) is 4.79 Å². The summed E-state index contributed by atoms with van der Waals surface area (Å²) in [5.74, 6) is -1.37. The molecule has 0 aromatic carbocycles. The lowest BCUT2D eigenvalue weighted by Crippen LogP contribution is -2.33. The Morgan fingerprint density at radius 1 is 1.41 bits per heavy atom. The van der Waals surface area contributed by atoms with Crippen LogP contribution in [0.3, 0.4) is 0 Å². The van der Waals surface area contributed by atoms with Crippen LogP contribution in [-0.4, -0.2) is 23.0 Å². The van der Waals surface area contributed by atoms with Crippen LogP contribution < -0.4 is 5.32 Å². The molecule has 0 aliphatic heterocycles. The third-order valence-corrected chi connectivity index (χ3v) is 3.12. The van der Waals surface area contributed by atoms with Crippen molar-refractivity contribution in [3.8, 4) is 0 Å². The lowest BCUT2D eigenvalue weighted by atomic mass is 10.1. The minimum atomic E-state index is -0.803. The van der Waals surface area contributed by atoms with Gasteiger partial charge in [0.1, 0.15) is 0 Å². The molecule has 1 fully saturated rings. The van der Waals surface area contributed by atoms with E-state index in [1.165, 1.54) is 12.1 Å². The number of amides is 1. The predicted octanol–water partition coefficient (Wildman–Crippen LogP) is 1.92. The molecule has 1 aromatic rings. The van der Waals surface area contributed by atoms with Crippen LogP contribution in [0.4, 0.5) is 0 Å². The van der Waals surface area contributed by atoms with Gasteiger partial charge in [0.25, 0.3) is 5.91 Å². The molecule has 0 spiro atoms. The Labute approximate surface area is 103 Å². The van der Waals surface area contributed by atoms with Crippen LogP contribution in [0.25, 0.3) is 0 Å². The zero-order valence-electron chi connectivity index (χ0n) is 8.98. The first-order chi connectivity index (χ1) is 8.06. The van der Waals surface area contributed by atoms with Crippen molar-refractivity contribution in [3.63, 3.8) is 0 Å². The first-order valence-corrected chi connectivity index (χ1v) is 5.73. The SMILES string of the molecule is O=C(N[C@@H]1CC[C@H](C(=O)O)C1)c1ccc(Cl)o1. The van der Waals surface area contributed by atoms with Crippen LogP contribution in [0.1, 0.15) is 29.8 Å². The minimum Gasteiger partial charge on any atom is -0.481 e. The maximum Gasteiger partial charge on any atom is 0.306 e. The summed E-state index contributed by atoms with van der Waals surface area (Å²) in [5.41, 5.74) is 0. The molecule has 0 bridgehead atoms. The number of halogens is 1. The number of carboxylic acid groups (broad SMARTS) is 1. The van der Waals surface area contributed by atoms with E-state index in [-0.39, 0.29) is 28.8 Å². The van der Waals surface area contributed by atoms with E-state index in [0.717, 1.165) is 0 Å². The normalized spacial score (nSPS) is 23.6. The van der Waals surface area contributed by atoms with Crippen molar-refractivity contribution in [2.45, 2.75) is 25.3 Å². The molecule has 5 nitrogen and oxygen atoms in total. The quantitative estimate of drug-likeness (QED) is 0.867. The minimum absolute atomic E-state index is 0.104. The highest BCUT2D eigenvalue weighted by atomic mass is 35.5. The second kappa shape index (κ2) is 4.79. The molecule has 0 radical (unpaired) electrons. The second-order valence-corrected chi connectivity index (χ2v) is 4.49. The van der Waals surface area contributed by atoms with E-state index in [9.17, 15) is 9.59 Å². The summed E-state index contributed by atoms with van der Waals surface area (Å²) >= 11 is 5.56. The zero-order chi connectivity index (χ0) is 12.4. The average Bonchev–Trinajstić information content (AvgIpc) is 2.86. The standard InChI is InChI=1S/C11H12ClNO4/c12-9-4-3-8(17-9)10(14)13-7-2-1-6(5-7)11(15)16/h3-4,6-7H,1-2,5H2,(H,13,14)(H,15,16)/t6-,7+/m0/s1. The third-order valence-electron chi connectivity index (χ3n) is 2.91. The van der Waals surface area contributed by atoms with Gasteiger partial charge in [0, 0.05) is 6.04 Å². The van der Waals surface area contributed by atoms with Gasteiger partial charge < -0.3 is 14.8 Å². The van der Waals surface area contributed by atoms with Crippen molar-refractivity contribution >= 4 is 23.5 Å². The lowest BCUT2D eigenvalue weighted by molar-refractivity contribution is -0.141. The van der Waals surface area contributed by atoms with Crippen LogP contribution in [0.5, 0.6) is 0 Å². The van der Waals surface area contributed by atoms with Crippen molar-refractivity contribution in [2.75, 3.05) is 0 Å². The van der Waals surface area contributed by atoms with E-state index >= 15 is 0 Å². The van der Waals surface area contributed by atoms with Gasteiger partial charge in [-0.2, -0.15) is 0 Å². The maximum atomic E-state index is 11.7. The molecule has 1 aliphatic carbocycles. The molecule has 1 aliphatic rings. The first-order valence-electron chi connectivity index (χ1n) is 5.35. The number of hydrogen-bond donors (Lipinski definition) is 2. The number of furan rings is 1. The van der Waals surface area contributed by atoms with E-state index in [1.807, 2.05) is 0 Å². The number of hydrogen-bond acceptors (Lipinski definition) is 3. The summed E-state index contributed by atoms with van der Waals surface area (Å²) < 4.78 is 4.97. The summed E-state index contributed by atoms with van der Waals surface area (Å²) in [5, 5.41) is 11.7. The van der Waals surface area contributed by atoms with Crippen LogP contribution in [0.2, 0.25) is 5.22 Å². The Morgan fingerprint density at radius 3 is 2.71 bits per heavy atom. The van der Waals surface area contributed by atoms with Crippen molar-refractivity contribution in [3.05, 3.63) is 23.1 Å². The van der Waals surface area contributed by atoms with Crippen molar-refractivity contribution < 1.29 is 19.1 Å². The van der Waals surface area contributed by atoms with Gasteiger partial charge in [0.15, 0.2) is 11.0 Å². The Bertz CT molecular complexity index is 442. The molecule has 6 heteroatoms. The largest absolute Gasteiger partial charge is 0.481 e. The second-order valence-electron chi connectivity index (χ2n) is 4.12. The van der Waals surface area contributed by atoms with Gasteiger partial charge in [-0.15, -0.1) is 0 Å². The molecule has 2 rings (SSSR count). The Morgan fingerprint density at radius 2 is 2.18 bits per heavy atom. The van der Waals surface area contributed by atoms with Gasteiger partial charge >= 0.3 is 5.97 Å². The summed E-state index contributed by atoms with van der Waals surface area (Å²) in [6, 6.07) is 2.87. The Hall–Kier alpha value is -1.49. The number of nitrogens with one attached hydrogen (secondary N) is 1. The highest BCUT2D eigenvalue weighted by Crippen LogP contribution is 2.26. The Balaban J connectivity index is 1.90.